The van der Waals surface area contributed by atoms with Crippen molar-refractivity contribution < 1.29 is 4.74 Å². The monoisotopic (exact) mass is 398 g/mol. The normalized spacial score (nSPS) is 10.9. The van der Waals surface area contributed by atoms with Gasteiger partial charge in [0, 0.05) is 20.7 Å². The minimum atomic E-state index is -0.0602. The van der Waals surface area contributed by atoms with Crippen LogP contribution in [-0.4, -0.2) is 9.38 Å². The second kappa shape index (κ2) is 5.53. The van der Waals surface area contributed by atoms with Gasteiger partial charge in [0.15, 0.2) is 4.96 Å². The van der Waals surface area contributed by atoms with Crippen molar-refractivity contribution in [3.63, 3.8) is 0 Å². The Balaban J connectivity index is 1.86. The van der Waals surface area contributed by atoms with Crippen molar-refractivity contribution in [1.29, 1.82) is 0 Å². The standard InChI is InChI=1S/C14H11IN2O2S/c1-9-8-20-14-16-11(6-13(18)17(9)14)7-19-12-4-2-3-10(15)5-12/h2-6,8H,7H2,1H3. The predicted octanol–water partition coefficient (Wildman–Crippen LogP) is 3.25. The van der Waals surface area contributed by atoms with E-state index in [0.29, 0.717) is 17.3 Å². The average Bonchev–Trinajstić information content (AvgIpc) is 2.79. The first kappa shape index (κ1) is 13.6. The third-order valence-electron chi connectivity index (χ3n) is 2.81. The van der Waals surface area contributed by atoms with Crippen LogP contribution >= 0.6 is 33.9 Å². The molecule has 0 unspecified atom stereocenters. The molecule has 0 bridgehead atoms. The fraction of sp³-hybridized carbons (Fsp3) is 0.143. The molecule has 4 nitrogen and oxygen atoms in total. The van der Waals surface area contributed by atoms with Gasteiger partial charge in [0.05, 0.1) is 5.69 Å². The van der Waals surface area contributed by atoms with Gasteiger partial charge in [-0.2, -0.15) is 0 Å². The highest BCUT2D eigenvalue weighted by Crippen LogP contribution is 2.16. The quantitative estimate of drug-likeness (QED) is 0.637. The molecule has 0 fully saturated rings. The molecule has 6 heteroatoms. The van der Waals surface area contributed by atoms with Crippen LogP contribution in [0.5, 0.6) is 5.75 Å². The first-order valence-electron chi connectivity index (χ1n) is 5.98. The van der Waals surface area contributed by atoms with Crippen LogP contribution in [-0.2, 0) is 6.61 Å². The molecule has 2 aromatic heterocycles. The molecule has 3 rings (SSSR count). The molecule has 0 aliphatic carbocycles. The number of benzene rings is 1. The molecule has 102 valence electrons. The van der Waals surface area contributed by atoms with Crippen molar-refractivity contribution in [2.24, 2.45) is 0 Å². The van der Waals surface area contributed by atoms with E-state index in [1.807, 2.05) is 36.6 Å². The maximum absolute atomic E-state index is 12.0. The van der Waals surface area contributed by atoms with Gasteiger partial charge >= 0.3 is 0 Å². The number of nitrogens with zero attached hydrogens (tertiary/aromatic N) is 2. The van der Waals surface area contributed by atoms with Crippen LogP contribution in [0.4, 0.5) is 0 Å². The van der Waals surface area contributed by atoms with Gasteiger partial charge in [-0.3, -0.25) is 9.20 Å². The number of ether oxygens (including phenoxy) is 1. The zero-order chi connectivity index (χ0) is 14.1. The summed E-state index contributed by atoms with van der Waals surface area (Å²) in [4.78, 5) is 17.2. The van der Waals surface area contributed by atoms with Gasteiger partial charge in [-0.15, -0.1) is 11.3 Å². The van der Waals surface area contributed by atoms with Crippen LogP contribution in [0.25, 0.3) is 4.96 Å². The van der Waals surface area contributed by atoms with Crippen molar-refractivity contribution in [3.8, 4) is 5.75 Å². The Morgan fingerprint density at radius 3 is 3.05 bits per heavy atom. The Hall–Kier alpha value is -1.41. The lowest BCUT2D eigenvalue weighted by molar-refractivity contribution is 0.301. The van der Waals surface area contributed by atoms with Gasteiger partial charge in [0.1, 0.15) is 12.4 Å². The lowest BCUT2D eigenvalue weighted by Crippen LogP contribution is -2.15. The summed E-state index contributed by atoms with van der Waals surface area (Å²) in [6.45, 7) is 2.19. The number of aromatic nitrogens is 2. The number of thiazole rings is 1. The minimum absolute atomic E-state index is 0.0602. The zero-order valence-corrected chi connectivity index (χ0v) is 13.6. The van der Waals surface area contributed by atoms with Gasteiger partial charge in [0.25, 0.3) is 5.56 Å². The Morgan fingerprint density at radius 2 is 2.25 bits per heavy atom. The molecule has 2 heterocycles. The van der Waals surface area contributed by atoms with Crippen molar-refractivity contribution in [2.45, 2.75) is 13.5 Å². The molecule has 20 heavy (non-hydrogen) atoms. The summed E-state index contributed by atoms with van der Waals surface area (Å²) in [5, 5.41) is 1.92. The molecule has 0 spiro atoms. The Kier molecular flexibility index (Phi) is 3.75. The first-order chi connectivity index (χ1) is 9.63. The molecule has 0 saturated carbocycles. The van der Waals surface area contributed by atoms with E-state index in [1.165, 1.54) is 17.4 Å². The van der Waals surface area contributed by atoms with E-state index in [4.69, 9.17) is 4.74 Å². The highest BCUT2D eigenvalue weighted by Gasteiger charge is 2.07. The van der Waals surface area contributed by atoms with Crippen LogP contribution in [0.1, 0.15) is 11.4 Å². The molecule has 0 atom stereocenters. The first-order valence-corrected chi connectivity index (χ1v) is 7.94. The Bertz CT molecular complexity index is 825. The van der Waals surface area contributed by atoms with E-state index in [1.54, 1.807) is 4.40 Å². The number of halogens is 1. The second-order valence-electron chi connectivity index (χ2n) is 4.33. The highest BCUT2D eigenvalue weighted by atomic mass is 127. The minimum Gasteiger partial charge on any atom is -0.487 e. The van der Waals surface area contributed by atoms with Gasteiger partial charge in [-0.25, -0.2) is 4.98 Å². The van der Waals surface area contributed by atoms with Crippen molar-refractivity contribution >= 4 is 38.9 Å². The highest BCUT2D eigenvalue weighted by molar-refractivity contribution is 14.1. The Morgan fingerprint density at radius 1 is 1.40 bits per heavy atom. The van der Waals surface area contributed by atoms with Crippen molar-refractivity contribution in [2.75, 3.05) is 0 Å². The van der Waals surface area contributed by atoms with E-state index in [0.717, 1.165) is 15.0 Å². The third-order valence-corrected chi connectivity index (χ3v) is 4.43. The molecule has 1 aromatic carbocycles. The number of fused-ring (bicyclic) bond motifs is 1. The summed E-state index contributed by atoms with van der Waals surface area (Å²) >= 11 is 3.69. The van der Waals surface area contributed by atoms with Crippen LogP contribution in [0, 0.1) is 10.5 Å². The van der Waals surface area contributed by atoms with Gasteiger partial charge in [-0.05, 0) is 47.7 Å². The molecule has 0 N–H and O–H groups in total. The SMILES string of the molecule is Cc1csc2nc(COc3cccc(I)c3)cc(=O)n12. The summed E-state index contributed by atoms with van der Waals surface area (Å²) in [5.41, 5.74) is 1.50. The second-order valence-corrected chi connectivity index (χ2v) is 6.41. The molecule has 0 aliphatic heterocycles. The van der Waals surface area contributed by atoms with Gasteiger partial charge < -0.3 is 4.74 Å². The van der Waals surface area contributed by atoms with E-state index in [2.05, 4.69) is 27.6 Å². The summed E-state index contributed by atoms with van der Waals surface area (Å²) in [6, 6.07) is 9.30. The van der Waals surface area contributed by atoms with Crippen LogP contribution < -0.4 is 10.3 Å². The zero-order valence-electron chi connectivity index (χ0n) is 10.7. The molecular formula is C14H11IN2O2S. The van der Waals surface area contributed by atoms with Gasteiger partial charge in [-0.1, -0.05) is 6.07 Å². The van der Waals surface area contributed by atoms with Crippen LogP contribution in [0.3, 0.4) is 0 Å². The summed E-state index contributed by atoms with van der Waals surface area (Å²) < 4.78 is 8.39. The molecular weight excluding hydrogens is 387 g/mol. The number of aryl methyl sites for hydroxylation is 1. The molecule has 3 aromatic rings. The van der Waals surface area contributed by atoms with Gasteiger partial charge in [0.2, 0.25) is 0 Å². The fourth-order valence-corrected chi connectivity index (χ4v) is 3.29. The molecule has 0 saturated heterocycles. The fourth-order valence-electron chi connectivity index (χ4n) is 1.89. The van der Waals surface area contributed by atoms with E-state index >= 15 is 0 Å². The lowest BCUT2D eigenvalue weighted by Gasteiger charge is -2.06. The maximum Gasteiger partial charge on any atom is 0.259 e. The van der Waals surface area contributed by atoms with E-state index in [9.17, 15) is 4.79 Å². The van der Waals surface area contributed by atoms with Crippen LogP contribution in [0.2, 0.25) is 0 Å². The van der Waals surface area contributed by atoms with E-state index < -0.39 is 0 Å². The topological polar surface area (TPSA) is 43.6 Å². The third kappa shape index (κ3) is 2.71. The smallest absolute Gasteiger partial charge is 0.259 e. The van der Waals surface area contributed by atoms with Crippen molar-refractivity contribution in [3.05, 3.63) is 61.0 Å². The summed E-state index contributed by atoms with van der Waals surface area (Å²) in [6.07, 6.45) is 0. The van der Waals surface area contributed by atoms with Crippen molar-refractivity contribution in [1.82, 2.24) is 9.38 Å². The Labute approximate surface area is 133 Å². The van der Waals surface area contributed by atoms with Crippen LogP contribution in [0.15, 0.2) is 40.5 Å². The molecule has 0 aliphatic rings. The van der Waals surface area contributed by atoms with E-state index in [-0.39, 0.29) is 5.56 Å². The number of hydrogen-bond acceptors (Lipinski definition) is 4. The molecule has 0 radical (unpaired) electrons. The lowest BCUT2D eigenvalue weighted by atomic mass is 10.3. The average molecular weight is 398 g/mol. The maximum atomic E-state index is 12.0. The number of rotatable bonds is 3. The summed E-state index contributed by atoms with van der Waals surface area (Å²) in [7, 11) is 0. The summed E-state index contributed by atoms with van der Waals surface area (Å²) in [5.74, 6) is 0.779. The predicted molar refractivity (Wildman–Crippen MR) is 87.6 cm³/mol. The molecule has 0 amide bonds. The largest absolute Gasteiger partial charge is 0.487 e. The number of hydrogen-bond donors (Lipinski definition) is 0.